The summed E-state index contributed by atoms with van der Waals surface area (Å²) in [5, 5.41) is 22.8. The Bertz CT molecular complexity index is 642. The molecular formula is C11H11N5O3S. The third-order valence-corrected chi connectivity index (χ3v) is 3.08. The highest BCUT2D eigenvalue weighted by atomic mass is 32.2. The summed E-state index contributed by atoms with van der Waals surface area (Å²) in [4.78, 5) is 21.6. The van der Waals surface area contributed by atoms with Gasteiger partial charge in [-0.05, 0) is 28.6 Å². The van der Waals surface area contributed by atoms with Crippen LogP contribution in [0.15, 0.2) is 29.4 Å². The molecule has 1 heterocycles. The summed E-state index contributed by atoms with van der Waals surface area (Å²) >= 11 is 1.02. The number of hydrogen-bond donors (Lipinski definition) is 2. The Morgan fingerprint density at radius 1 is 1.45 bits per heavy atom. The zero-order chi connectivity index (χ0) is 14.5. The molecule has 0 fully saturated rings. The number of tetrazole rings is 1. The minimum Gasteiger partial charge on any atom is -0.481 e. The monoisotopic (exact) mass is 293 g/mol. The highest BCUT2D eigenvalue weighted by Gasteiger charge is 2.11. The average Bonchev–Trinajstić information content (AvgIpc) is 2.84. The molecule has 2 aromatic rings. The highest BCUT2D eigenvalue weighted by molar-refractivity contribution is 7.99. The number of carbonyl (C=O) groups is 2. The van der Waals surface area contributed by atoms with Crippen molar-refractivity contribution in [3.05, 3.63) is 24.3 Å². The summed E-state index contributed by atoms with van der Waals surface area (Å²) in [5.41, 5.74) is 1.24. The molecule has 0 spiro atoms. The molecule has 0 bridgehead atoms. The molecule has 0 aliphatic rings. The van der Waals surface area contributed by atoms with Crippen molar-refractivity contribution in [1.82, 2.24) is 20.2 Å². The molecule has 2 rings (SSSR count). The molecule has 1 amide bonds. The van der Waals surface area contributed by atoms with Gasteiger partial charge in [0, 0.05) is 12.6 Å². The maximum atomic E-state index is 11.0. The summed E-state index contributed by atoms with van der Waals surface area (Å²) in [6, 6.07) is 6.93. The molecule has 0 radical (unpaired) electrons. The Balaban J connectivity index is 2.25. The van der Waals surface area contributed by atoms with E-state index in [9.17, 15) is 9.59 Å². The third-order valence-electron chi connectivity index (χ3n) is 2.18. The van der Waals surface area contributed by atoms with E-state index in [0.717, 1.165) is 11.8 Å². The van der Waals surface area contributed by atoms with Gasteiger partial charge in [0.2, 0.25) is 11.1 Å². The first kappa shape index (κ1) is 14.0. The van der Waals surface area contributed by atoms with Gasteiger partial charge in [-0.2, -0.15) is 4.68 Å². The Morgan fingerprint density at radius 3 is 2.95 bits per heavy atom. The van der Waals surface area contributed by atoms with E-state index < -0.39 is 5.97 Å². The molecule has 1 aromatic heterocycles. The molecule has 0 aliphatic heterocycles. The second-order valence-corrected chi connectivity index (χ2v) is 4.73. The van der Waals surface area contributed by atoms with Gasteiger partial charge in [0.05, 0.1) is 11.4 Å². The molecule has 8 nitrogen and oxygen atoms in total. The van der Waals surface area contributed by atoms with E-state index in [1.54, 1.807) is 24.3 Å². The van der Waals surface area contributed by atoms with Crippen molar-refractivity contribution >= 4 is 29.3 Å². The fourth-order valence-corrected chi connectivity index (χ4v) is 2.09. The van der Waals surface area contributed by atoms with Gasteiger partial charge < -0.3 is 10.4 Å². The van der Waals surface area contributed by atoms with Gasteiger partial charge in [-0.1, -0.05) is 17.8 Å². The molecule has 2 N–H and O–H groups in total. The summed E-state index contributed by atoms with van der Waals surface area (Å²) in [7, 11) is 0. The van der Waals surface area contributed by atoms with Crippen molar-refractivity contribution in [3.63, 3.8) is 0 Å². The van der Waals surface area contributed by atoms with Crippen LogP contribution in [0.25, 0.3) is 5.69 Å². The van der Waals surface area contributed by atoms with Crippen LogP contribution in [0, 0.1) is 0 Å². The Labute approximate surface area is 118 Å². The molecule has 1 aromatic carbocycles. The van der Waals surface area contributed by atoms with E-state index >= 15 is 0 Å². The van der Waals surface area contributed by atoms with E-state index in [0.29, 0.717) is 16.5 Å². The van der Waals surface area contributed by atoms with Crippen LogP contribution in [-0.4, -0.2) is 42.9 Å². The number of anilines is 1. The lowest BCUT2D eigenvalue weighted by molar-refractivity contribution is -0.133. The fraction of sp³-hybridized carbons (Fsp3) is 0.182. The van der Waals surface area contributed by atoms with Crippen molar-refractivity contribution in [2.24, 2.45) is 0 Å². The number of nitrogens with one attached hydrogen (secondary N) is 1. The van der Waals surface area contributed by atoms with Gasteiger partial charge in [0.15, 0.2) is 0 Å². The third kappa shape index (κ3) is 3.54. The number of thioether (sulfide) groups is 1. The highest BCUT2D eigenvalue weighted by Crippen LogP contribution is 2.20. The standard InChI is InChI=1S/C11H11N5O3S/c1-7(17)12-8-3-2-4-9(5-8)16-11(13-14-15-16)20-6-10(18)19/h2-5H,6H2,1H3,(H,12,17)(H,18,19). The normalized spacial score (nSPS) is 10.2. The van der Waals surface area contributed by atoms with Gasteiger partial charge in [0.25, 0.3) is 0 Å². The summed E-state index contributed by atoms with van der Waals surface area (Å²) in [6.45, 7) is 1.41. The van der Waals surface area contributed by atoms with Crippen LogP contribution >= 0.6 is 11.8 Å². The molecule has 0 atom stereocenters. The average molecular weight is 293 g/mol. The van der Waals surface area contributed by atoms with Crippen LogP contribution in [0.3, 0.4) is 0 Å². The predicted molar refractivity (Wildman–Crippen MR) is 71.8 cm³/mol. The lowest BCUT2D eigenvalue weighted by Gasteiger charge is -2.06. The lowest BCUT2D eigenvalue weighted by Crippen LogP contribution is -2.07. The van der Waals surface area contributed by atoms with Crippen molar-refractivity contribution in [2.45, 2.75) is 12.1 Å². The molecule has 0 unspecified atom stereocenters. The topological polar surface area (TPSA) is 110 Å². The van der Waals surface area contributed by atoms with Crippen molar-refractivity contribution in [2.75, 3.05) is 11.1 Å². The molecule has 0 saturated heterocycles. The van der Waals surface area contributed by atoms with Gasteiger partial charge in [0.1, 0.15) is 0 Å². The zero-order valence-electron chi connectivity index (χ0n) is 10.5. The molecule has 0 saturated carbocycles. The van der Waals surface area contributed by atoms with E-state index in [-0.39, 0.29) is 11.7 Å². The molecule has 0 aliphatic carbocycles. The van der Waals surface area contributed by atoms with Crippen LogP contribution in [0.1, 0.15) is 6.92 Å². The number of aliphatic carboxylic acids is 1. The molecule has 104 valence electrons. The van der Waals surface area contributed by atoms with Gasteiger partial charge in [-0.3, -0.25) is 9.59 Å². The fourth-order valence-electron chi connectivity index (χ4n) is 1.48. The van der Waals surface area contributed by atoms with Crippen molar-refractivity contribution in [1.29, 1.82) is 0 Å². The van der Waals surface area contributed by atoms with Gasteiger partial charge >= 0.3 is 5.97 Å². The largest absolute Gasteiger partial charge is 0.481 e. The van der Waals surface area contributed by atoms with Crippen molar-refractivity contribution < 1.29 is 14.7 Å². The first-order valence-electron chi connectivity index (χ1n) is 5.57. The second kappa shape index (κ2) is 6.15. The number of hydrogen-bond acceptors (Lipinski definition) is 6. The Morgan fingerprint density at radius 2 is 2.25 bits per heavy atom. The number of rotatable bonds is 5. The predicted octanol–water partition coefficient (Wildman–Crippen LogP) is 0.797. The number of carboxylic acids is 1. The number of aromatic nitrogens is 4. The number of benzene rings is 1. The summed E-state index contributed by atoms with van der Waals surface area (Å²) in [6.07, 6.45) is 0. The molecular weight excluding hydrogens is 282 g/mol. The maximum absolute atomic E-state index is 11.0. The molecule has 20 heavy (non-hydrogen) atoms. The number of carboxylic acid groups (broad SMARTS) is 1. The van der Waals surface area contributed by atoms with E-state index in [1.807, 2.05) is 0 Å². The van der Waals surface area contributed by atoms with E-state index in [1.165, 1.54) is 11.6 Å². The number of nitrogens with zero attached hydrogens (tertiary/aromatic N) is 4. The minimum absolute atomic E-state index is 0.133. The second-order valence-electron chi connectivity index (χ2n) is 3.79. The maximum Gasteiger partial charge on any atom is 0.313 e. The Kier molecular flexibility index (Phi) is 4.31. The Hall–Kier alpha value is -2.42. The van der Waals surface area contributed by atoms with E-state index in [4.69, 9.17) is 5.11 Å². The minimum atomic E-state index is -0.948. The van der Waals surface area contributed by atoms with Crippen LogP contribution in [0.2, 0.25) is 0 Å². The smallest absolute Gasteiger partial charge is 0.313 e. The van der Waals surface area contributed by atoms with E-state index in [2.05, 4.69) is 20.8 Å². The quantitative estimate of drug-likeness (QED) is 0.784. The summed E-state index contributed by atoms with van der Waals surface area (Å²) in [5.74, 6) is -1.26. The van der Waals surface area contributed by atoms with Crippen LogP contribution in [0.4, 0.5) is 5.69 Å². The first-order chi connectivity index (χ1) is 9.56. The summed E-state index contributed by atoms with van der Waals surface area (Å²) < 4.78 is 1.42. The van der Waals surface area contributed by atoms with Crippen molar-refractivity contribution in [3.8, 4) is 5.69 Å². The van der Waals surface area contributed by atoms with Gasteiger partial charge in [-0.25, -0.2) is 0 Å². The SMILES string of the molecule is CC(=O)Nc1cccc(-n2nnnc2SCC(=O)O)c1. The molecule has 9 heteroatoms. The first-order valence-corrected chi connectivity index (χ1v) is 6.56. The zero-order valence-corrected chi connectivity index (χ0v) is 11.3. The number of amides is 1. The number of carbonyl (C=O) groups excluding carboxylic acids is 1. The van der Waals surface area contributed by atoms with Gasteiger partial charge in [-0.15, -0.1) is 5.10 Å². The van der Waals surface area contributed by atoms with Crippen LogP contribution < -0.4 is 5.32 Å². The van der Waals surface area contributed by atoms with Crippen LogP contribution in [-0.2, 0) is 9.59 Å². The lowest BCUT2D eigenvalue weighted by atomic mass is 10.3. The van der Waals surface area contributed by atoms with Crippen LogP contribution in [0.5, 0.6) is 0 Å².